The third kappa shape index (κ3) is 10.5. The Morgan fingerprint density at radius 2 is 1.61 bits per heavy atom. The van der Waals surface area contributed by atoms with Gasteiger partial charge in [-0.15, -0.1) is 0 Å². The Labute approximate surface area is 143 Å². The molecule has 1 saturated heterocycles. The average Bonchev–Trinajstić information content (AvgIpc) is 2.54. The predicted octanol–water partition coefficient (Wildman–Crippen LogP) is 6.34. The van der Waals surface area contributed by atoms with Crippen LogP contribution in [0.3, 0.4) is 0 Å². The van der Waals surface area contributed by atoms with Gasteiger partial charge in [0.05, 0.1) is 6.61 Å². The van der Waals surface area contributed by atoms with E-state index in [9.17, 15) is 0 Å². The normalized spacial score (nSPS) is 20.9. The minimum absolute atomic E-state index is 0.0214. The Bertz CT molecular complexity index is 398. The SMILES string of the molecule is CC/C=C(\C)CC/C=C(\C)CC/C=C(\C)COC1CCCCO1. The Balaban J connectivity index is 2.16. The number of allylic oxidation sites excluding steroid dienone is 5. The van der Waals surface area contributed by atoms with Crippen LogP contribution in [-0.4, -0.2) is 19.5 Å². The molecule has 23 heavy (non-hydrogen) atoms. The summed E-state index contributed by atoms with van der Waals surface area (Å²) in [6.45, 7) is 10.4. The summed E-state index contributed by atoms with van der Waals surface area (Å²) in [7, 11) is 0. The molecule has 1 fully saturated rings. The molecular weight excluding hydrogens is 284 g/mol. The van der Waals surface area contributed by atoms with Crippen LogP contribution >= 0.6 is 0 Å². The van der Waals surface area contributed by atoms with Crippen molar-refractivity contribution in [1.82, 2.24) is 0 Å². The summed E-state index contributed by atoms with van der Waals surface area (Å²) in [6, 6.07) is 0. The Kier molecular flexibility index (Phi) is 11.0. The fourth-order valence-electron chi connectivity index (χ4n) is 2.77. The first-order valence-corrected chi connectivity index (χ1v) is 9.32. The quantitative estimate of drug-likeness (QED) is 0.437. The van der Waals surface area contributed by atoms with Gasteiger partial charge in [-0.3, -0.25) is 0 Å². The molecule has 1 aliphatic rings. The van der Waals surface area contributed by atoms with Crippen LogP contribution in [0.4, 0.5) is 0 Å². The van der Waals surface area contributed by atoms with E-state index in [2.05, 4.69) is 45.9 Å². The fraction of sp³-hybridized carbons (Fsp3) is 0.714. The van der Waals surface area contributed by atoms with E-state index < -0.39 is 0 Å². The monoisotopic (exact) mass is 320 g/mol. The van der Waals surface area contributed by atoms with Crippen LogP contribution in [0.15, 0.2) is 34.9 Å². The lowest BCUT2D eigenvalue weighted by atomic mass is 10.1. The van der Waals surface area contributed by atoms with E-state index in [1.807, 2.05) is 0 Å². The summed E-state index contributed by atoms with van der Waals surface area (Å²) in [5, 5.41) is 0. The predicted molar refractivity (Wildman–Crippen MR) is 99.6 cm³/mol. The topological polar surface area (TPSA) is 18.5 Å². The second-order valence-electron chi connectivity index (χ2n) is 6.74. The van der Waals surface area contributed by atoms with Crippen LogP contribution in [0.2, 0.25) is 0 Å². The molecular formula is C21H36O2. The van der Waals surface area contributed by atoms with Gasteiger partial charge >= 0.3 is 0 Å². The molecule has 1 heterocycles. The molecule has 2 nitrogen and oxygen atoms in total. The summed E-state index contributed by atoms with van der Waals surface area (Å²) >= 11 is 0. The summed E-state index contributed by atoms with van der Waals surface area (Å²) in [6.07, 6.45) is 16.2. The zero-order valence-corrected chi connectivity index (χ0v) is 15.7. The largest absolute Gasteiger partial charge is 0.353 e. The molecule has 1 atom stereocenters. The molecule has 1 rings (SSSR count). The molecule has 0 aromatic rings. The molecule has 2 heteroatoms. The van der Waals surface area contributed by atoms with Crippen molar-refractivity contribution in [3.63, 3.8) is 0 Å². The zero-order valence-electron chi connectivity index (χ0n) is 15.7. The lowest BCUT2D eigenvalue weighted by molar-refractivity contribution is -0.156. The summed E-state index contributed by atoms with van der Waals surface area (Å²) in [4.78, 5) is 0. The third-order valence-corrected chi connectivity index (χ3v) is 4.25. The van der Waals surface area contributed by atoms with Crippen molar-refractivity contribution in [3.8, 4) is 0 Å². The van der Waals surface area contributed by atoms with E-state index >= 15 is 0 Å². The van der Waals surface area contributed by atoms with E-state index in [0.29, 0.717) is 6.61 Å². The van der Waals surface area contributed by atoms with Gasteiger partial charge in [-0.05, 0) is 72.1 Å². The summed E-state index contributed by atoms with van der Waals surface area (Å²) in [5.74, 6) is 0. The minimum atomic E-state index is 0.0214. The van der Waals surface area contributed by atoms with Gasteiger partial charge in [-0.2, -0.15) is 0 Å². The van der Waals surface area contributed by atoms with Crippen LogP contribution in [0.25, 0.3) is 0 Å². The number of hydrogen-bond acceptors (Lipinski definition) is 2. The first-order chi connectivity index (χ1) is 11.1. The molecule has 0 saturated carbocycles. The lowest BCUT2D eigenvalue weighted by Crippen LogP contribution is -2.22. The molecule has 0 amide bonds. The fourth-order valence-corrected chi connectivity index (χ4v) is 2.77. The molecule has 0 aromatic heterocycles. The van der Waals surface area contributed by atoms with Crippen LogP contribution in [-0.2, 0) is 9.47 Å². The average molecular weight is 321 g/mol. The van der Waals surface area contributed by atoms with Gasteiger partial charge in [0, 0.05) is 6.61 Å². The first-order valence-electron chi connectivity index (χ1n) is 9.32. The van der Waals surface area contributed by atoms with Gasteiger partial charge in [0.25, 0.3) is 0 Å². The maximum absolute atomic E-state index is 5.81. The van der Waals surface area contributed by atoms with E-state index in [1.165, 1.54) is 42.4 Å². The van der Waals surface area contributed by atoms with Crippen molar-refractivity contribution in [1.29, 1.82) is 0 Å². The lowest BCUT2D eigenvalue weighted by Gasteiger charge is -2.22. The molecule has 0 radical (unpaired) electrons. The molecule has 1 unspecified atom stereocenters. The van der Waals surface area contributed by atoms with Crippen molar-refractivity contribution < 1.29 is 9.47 Å². The van der Waals surface area contributed by atoms with Crippen molar-refractivity contribution in [3.05, 3.63) is 34.9 Å². The molecule has 0 spiro atoms. The van der Waals surface area contributed by atoms with E-state index in [-0.39, 0.29) is 6.29 Å². The highest BCUT2D eigenvalue weighted by Crippen LogP contribution is 2.15. The molecule has 0 N–H and O–H groups in total. The molecule has 1 aliphatic heterocycles. The van der Waals surface area contributed by atoms with Crippen molar-refractivity contribution in [2.24, 2.45) is 0 Å². The number of ether oxygens (including phenoxy) is 2. The molecule has 0 aromatic carbocycles. The minimum Gasteiger partial charge on any atom is -0.353 e. The number of rotatable bonds is 10. The smallest absolute Gasteiger partial charge is 0.158 e. The number of hydrogen-bond donors (Lipinski definition) is 0. The Hall–Kier alpha value is -0.860. The van der Waals surface area contributed by atoms with E-state index in [4.69, 9.17) is 9.47 Å². The van der Waals surface area contributed by atoms with Gasteiger partial charge in [0.15, 0.2) is 6.29 Å². The highest BCUT2D eigenvalue weighted by molar-refractivity contribution is 5.06. The highest BCUT2D eigenvalue weighted by atomic mass is 16.7. The van der Waals surface area contributed by atoms with Crippen LogP contribution in [0.5, 0.6) is 0 Å². The summed E-state index contributed by atoms with van der Waals surface area (Å²) < 4.78 is 11.4. The zero-order chi connectivity index (χ0) is 16.9. The summed E-state index contributed by atoms with van der Waals surface area (Å²) in [5.41, 5.74) is 4.32. The van der Waals surface area contributed by atoms with Gasteiger partial charge in [0.2, 0.25) is 0 Å². The second-order valence-corrected chi connectivity index (χ2v) is 6.74. The van der Waals surface area contributed by atoms with Gasteiger partial charge in [-0.1, -0.05) is 41.9 Å². The van der Waals surface area contributed by atoms with Crippen molar-refractivity contribution >= 4 is 0 Å². The van der Waals surface area contributed by atoms with Crippen LogP contribution in [0, 0.1) is 0 Å². The Morgan fingerprint density at radius 3 is 2.22 bits per heavy atom. The highest BCUT2D eigenvalue weighted by Gasteiger charge is 2.13. The third-order valence-electron chi connectivity index (χ3n) is 4.25. The van der Waals surface area contributed by atoms with Gasteiger partial charge in [-0.25, -0.2) is 0 Å². The second kappa shape index (κ2) is 12.5. The molecule has 132 valence electrons. The molecule has 0 aliphatic carbocycles. The van der Waals surface area contributed by atoms with Crippen LogP contribution < -0.4 is 0 Å². The van der Waals surface area contributed by atoms with E-state index in [1.54, 1.807) is 0 Å². The first kappa shape index (κ1) is 20.2. The molecule has 0 bridgehead atoms. The van der Waals surface area contributed by atoms with Crippen molar-refractivity contribution in [2.45, 2.75) is 85.4 Å². The standard InChI is InChI=1S/C21H36O2/c1-5-10-18(2)11-8-12-19(3)13-9-14-20(4)17-23-21-15-6-7-16-22-21/h10,12,14,21H,5-9,11,13,15-17H2,1-4H3/b18-10+,19-12+,20-14+. The maximum atomic E-state index is 5.81. The van der Waals surface area contributed by atoms with Gasteiger partial charge < -0.3 is 9.47 Å². The Morgan fingerprint density at radius 1 is 0.957 bits per heavy atom. The maximum Gasteiger partial charge on any atom is 0.158 e. The van der Waals surface area contributed by atoms with Gasteiger partial charge in [0.1, 0.15) is 0 Å². The van der Waals surface area contributed by atoms with Crippen LogP contribution in [0.1, 0.15) is 79.1 Å². The van der Waals surface area contributed by atoms with Crippen molar-refractivity contribution in [2.75, 3.05) is 13.2 Å². The van der Waals surface area contributed by atoms with E-state index in [0.717, 1.165) is 32.3 Å².